The zero-order chi connectivity index (χ0) is 58.7. The van der Waals surface area contributed by atoms with E-state index >= 15 is 0 Å². The van der Waals surface area contributed by atoms with Crippen LogP contribution in [0.25, 0.3) is 0 Å². The molecule has 0 fully saturated rings. The van der Waals surface area contributed by atoms with Gasteiger partial charge >= 0.3 is 0 Å². The zero-order valence-corrected chi connectivity index (χ0v) is 54.4. The predicted octanol–water partition coefficient (Wildman–Crippen LogP) is 24.4. The monoisotopic (exact) mass is 1140 g/mol. The lowest BCUT2D eigenvalue weighted by Gasteiger charge is -2.45. The molecule has 4 aromatic carbocycles. The van der Waals surface area contributed by atoms with Gasteiger partial charge in [-0.3, -0.25) is 0 Å². The molecule has 5 heteroatoms. The summed E-state index contributed by atoms with van der Waals surface area (Å²) in [6, 6.07) is 38.9. The van der Waals surface area contributed by atoms with Crippen molar-refractivity contribution < 1.29 is 23.7 Å². The number of hydrogen-bond donors (Lipinski definition) is 0. The molecule has 4 rings (SSSR count). The lowest BCUT2D eigenvalue weighted by Crippen LogP contribution is -2.46. The van der Waals surface area contributed by atoms with Crippen LogP contribution in [-0.2, 0) is 38.6 Å². The van der Waals surface area contributed by atoms with Gasteiger partial charge in [-0.25, -0.2) is 0 Å². The van der Waals surface area contributed by atoms with E-state index in [-0.39, 0.29) is 0 Å². The molecule has 0 saturated carbocycles. The molecule has 2 atom stereocenters. The van der Waals surface area contributed by atoms with Crippen LogP contribution < -0.4 is 9.47 Å². The summed E-state index contributed by atoms with van der Waals surface area (Å²) in [5.41, 5.74) is 5.23. The van der Waals surface area contributed by atoms with Crippen LogP contribution in [0, 0.1) is 0 Å². The molecular weight excluding hydrogens is 1020 g/mol. The third kappa shape index (κ3) is 32.6. The fourth-order valence-electron chi connectivity index (χ4n) is 12.6. The van der Waals surface area contributed by atoms with Gasteiger partial charge in [0.1, 0.15) is 11.5 Å². The Balaban J connectivity index is 1.36. The van der Waals surface area contributed by atoms with Gasteiger partial charge in [0, 0.05) is 37.2 Å². The molecule has 0 heterocycles. The Labute approximate surface area is 512 Å². The Bertz CT molecular complexity index is 1890. The van der Waals surface area contributed by atoms with Crippen LogP contribution in [0.5, 0.6) is 11.5 Å². The highest BCUT2D eigenvalue weighted by Crippen LogP contribution is 2.47. The summed E-state index contributed by atoms with van der Waals surface area (Å²) in [4.78, 5) is 0. The first-order valence-corrected chi connectivity index (χ1v) is 35.6. The zero-order valence-electron chi connectivity index (χ0n) is 54.4. The number of ether oxygens (including phenoxy) is 5. The second-order valence-electron chi connectivity index (χ2n) is 24.5. The van der Waals surface area contributed by atoms with Crippen molar-refractivity contribution in [3.8, 4) is 11.5 Å². The van der Waals surface area contributed by atoms with Crippen molar-refractivity contribution in [2.24, 2.45) is 0 Å². The van der Waals surface area contributed by atoms with Gasteiger partial charge in [0.05, 0.1) is 13.2 Å². The van der Waals surface area contributed by atoms with E-state index in [2.05, 4.69) is 76.2 Å². The quantitative estimate of drug-likeness (QED) is 0.0326. The number of aryl methyl sites for hydroxylation is 2. The minimum Gasteiger partial charge on any atom is -0.494 e. The Hall–Kier alpha value is -3.64. The fourth-order valence-corrected chi connectivity index (χ4v) is 12.6. The fraction of sp³-hybridized carbons (Fsp3) is 0.692. The van der Waals surface area contributed by atoms with Gasteiger partial charge in [0.2, 0.25) is 0 Å². The first-order valence-electron chi connectivity index (χ1n) is 35.6. The Morgan fingerprint density at radius 3 is 0.843 bits per heavy atom. The van der Waals surface area contributed by atoms with E-state index in [9.17, 15) is 0 Å². The first kappa shape index (κ1) is 71.8. The summed E-state index contributed by atoms with van der Waals surface area (Å²) in [6.07, 6.45) is 55.5. The average Bonchev–Trinajstić information content (AvgIpc) is 2.81. The SMILES string of the molecule is CCCCCCCCc1ccccc1C(CCCCCCCCCCCCCCCCOc1ccccc1)(OCC)OC(CCCCCCCCCCCCCCCCOc1ccccc1)(OCC)c1ccccc1CCCCCCCC. The van der Waals surface area contributed by atoms with Gasteiger partial charge in [-0.1, -0.05) is 317 Å². The summed E-state index contributed by atoms with van der Waals surface area (Å²) in [5.74, 6) is 0.127. The number of unbranched alkanes of at least 4 members (excludes halogenated alkanes) is 36. The standard InChI is InChI=1S/C78H126O5/c1-5-9-11-13-35-43-57-71-59-49-51-65-75(71)77(81-7-3,67-53-37-31-27-23-19-15-17-21-25-29-33-39-55-69-79-73-61-45-41-46-62-73)83-78(82-8-4,76-66-52-50-60-72(76)58-44-36-14-12-10-6-2)68-54-38-32-28-24-20-16-18-22-26-30-34-40-56-70-80-74-63-47-42-48-64-74/h41-42,45-52,59-66H,5-40,43-44,53-58,67-70H2,1-4H3. The lowest BCUT2D eigenvalue weighted by molar-refractivity contribution is -0.379. The van der Waals surface area contributed by atoms with Crippen LogP contribution in [0.15, 0.2) is 109 Å². The Morgan fingerprint density at radius 2 is 0.530 bits per heavy atom. The van der Waals surface area contributed by atoms with E-state index in [1.165, 1.54) is 253 Å². The summed E-state index contributed by atoms with van der Waals surface area (Å²) < 4.78 is 34.5. The van der Waals surface area contributed by atoms with E-state index in [0.717, 1.165) is 76.1 Å². The van der Waals surface area contributed by atoms with E-state index in [4.69, 9.17) is 23.7 Å². The van der Waals surface area contributed by atoms with Gasteiger partial charge in [-0.2, -0.15) is 0 Å². The predicted molar refractivity (Wildman–Crippen MR) is 357 cm³/mol. The topological polar surface area (TPSA) is 46.2 Å². The van der Waals surface area contributed by atoms with E-state index in [1.807, 2.05) is 60.7 Å². The molecule has 0 aromatic heterocycles. The lowest BCUT2D eigenvalue weighted by atomic mass is 9.88. The number of benzene rings is 4. The van der Waals surface area contributed by atoms with Crippen molar-refractivity contribution >= 4 is 0 Å². The van der Waals surface area contributed by atoms with E-state index in [1.54, 1.807) is 0 Å². The molecule has 0 aliphatic carbocycles. The van der Waals surface area contributed by atoms with Gasteiger partial charge < -0.3 is 23.7 Å². The third-order valence-electron chi connectivity index (χ3n) is 17.4. The molecule has 0 radical (unpaired) electrons. The molecule has 0 saturated heterocycles. The molecular formula is C78H126O5. The summed E-state index contributed by atoms with van der Waals surface area (Å²) >= 11 is 0. The maximum Gasteiger partial charge on any atom is 0.198 e. The first-order chi connectivity index (χ1) is 41.1. The summed E-state index contributed by atoms with van der Waals surface area (Å²) in [5, 5.41) is 0. The maximum atomic E-state index is 8.11. The van der Waals surface area contributed by atoms with Crippen molar-refractivity contribution in [2.45, 2.75) is 322 Å². The highest BCUT2D eigenvalue weighted by Gasteiger charge is 2.47. The minimum atomic E-state index is -0.927. The Morgan fingerprint density at radius 1 is 0.265 bits per heavy atom. The van der Waals surface area contributed by atoms with Crippen molar-refractivity contribution in [2.75, 3.05) is 26.4 Å². The van der Waals surface area contributed by atoms with E-state index < -0.39 is 11.6 Å². The molecule has 0 amide bonds. The molecule has 0 bridgehead atoms. The molecule has 0 aliphatic rings. The van der Waals surface area contributed by atoms with Gasteiger partial charge in [0.25, 0.3) is 0 Å². The average molecular weight is 1140 g/mol. The van der Waals surface area contributed by atoms with Crippen LogP contribution >= 0.6 is 0 Å². The van der Waals surface area contributed by atoms with Crippen LogP contribution in [0.1, 0.15) is 320 Å². The second-order valence-corrected chi connectivity index (χ2v) is 24.5. The molecule has 0 spiro atoms. The highest BCUT2D eigenvalue weighted by molar-refractivity contribution is 5.35. The maximum absolute atomic E-state index is 8.11. The van der Waals surface area contributed by atoms with Crippen molar-refractivity contribution in [3.63, 3.8) is 0 Å². The van der Waals surface area contributed by atoms with E-state index in [0.29, 0.717) is 13.2 Å². The summed E-state index contributed by atoms with van der Waals surface area (Å²) in [6.45, 7) is 11.8. The molecule has 0 N–H and O–H groups in total. The molecule has 4 aromatic rings. The largest absolute Gasteiger partial charge is 0.494 e. The van der Waals surface area contributed by atoms with Gasteiger partial charge in [-0.05, 0) is 101 Å². The van der Waals surface area contributed by atoms with Gasteiger partial charge in [-0.15, -0.1) is 0 Å². The smallest absolute Gasteiger partial charge is 0.198 e. The van der Waals surface area contributed by atoms with Crippen molar-refractivity contribution in [1.82, 2.24) is 0 Å². The second kappa shape index (κ2) is 49.5. The number of para-hydroxylation sites is 2. The van der Waals surface area contributed by atoms with Gasteiger partial charge in [0.15, 0.2) is 11.6 Å². The van der Waals surface area contributed by atoms with Crippen LogP contribution in [0.4, 0.5) is 0 Å². The molecule has 0 aliphatic heterocycles. The Kier molecular flexibility index (Phi) is 42.8. The number of rotatable bonds is 58. The van der Waals surface area contributed by atoms with Crippen molar-refractivity contribution in [3.05, 3.63) is 131 Å². The molecule has 5 nitrogen and oxygen atoms in total. The number of hydrogen-bond acceptors (Lipinski definition) is 5. The van der Waals surface area contributed by atoms with Crippen LogP contribution in [0.2, 0.25) is 0 Å². The van der Waals surface area contributed by atoms with Crippen molar-refractivity contribution in [1.29, 1.82) is 0 Å². The summed E-state index contributed by atoms with van der Waals surface area (Å²) in [7, 11) is 0. The third-order valence-corrected chi connectivity index (χ3v) is 17.4. The highest BCUT2D eigenvalue weighted by atomic mass is 16.8. The van der Waals surface area contributed by atoms with Crippen LogP contribution in [-0.4, -0.2) is 26.4 Å². The molecule has 2 unspecified atom stereocenters. The normalized spacial score (nSPS) is 13.1. The minimum absolute atomic E-state index is 0.585. The van der Waals surface area contributed by atoms with Crippen LogP contribution in [0.3, 0.4) is 0 Å². The molecule has 83 heavy (non-hydrogen) atoms. The molecule has 468 valence electrons.